The SMILES string of the molecule is CC(C(=O)N(C)C)S(=O)(=O)N1CCCC(C(=O)NCCN)C1. The van der Waals surface area contributed by atoms with Crippen molar-refractivity contribution < 1.29 is 18.0 Å². The van der Waals surface area contributed by atoms with Gasteiger partial charge in [-0.25, -0.2) is 12.7 Å². The van der Waals surface area contributed by atoms with Crippen molar-refractivity contribution >= 4 is 21.8 Å². The largest absolute Gasteiger partial charge is 0.355 e. The van der Waals surface area contributed by atoms with E-state index in [1.807, 2.05) is 0 Å². The fourth-order valence-corrected chi connectivity index (χ4v) is 4.13. The number of hydrogen-bond donors (Lipinski definition) is 2. The predicted octanol–water partition coefficient (Wildman–Crippen LogP) is -1.42. The zero-order valence-electron chi connectivity index (χ0n) is 13.4. The number of nitrogens with two attached hydrogens (primary N) is 1. The van der Waals surface area contributed by atoms with Gasteiger partial charge < -0.3 is 16.0 Å². The minimum Gasteiger partial charge on any atom is -0.355 e. The first-order valence-corrected chi connectivity index (χ1v) is 8.90. The Hall–Kier alpha value is -1.19. The average Bonchev–Trinajstić information content (AvgIpc) is 2.50. The van der Waals surface area contributed by atoms with Crippen molar-refractivity contribution in [1.29, 1.82) is 0 Å². The van der Waals surface area contributed by atoms with E-state index < -0.39 is 27.1 Å². The van der Waals surface area contributed by atoms with Crippen molar-refractivity contribution in [2.24, 2.45) is 11.7 Å². The predicted molar refractivity (Wildman–Crippen MR) is 83.4 cm³/mol. The Morgan fingerprint density at radius 1 is 1.41 bits per heavy atom. The lowest BCUT2D eigenvalue weighted by molar-refractivity contribution is -0.128. The summed E-state index contributed by atoms with van der Waals surface area (Å²) in [4.78, 5) is 25.2. The number of nitrogens with one attached hydrogen (secondary N) is 1. The van der Waals surface area contributed by atoms with Gasteiger partial charge in [0.25, 0.3) is 0 Å². The van der Waals surface area contributed by atoms with E-state index in [-0.39, 0.29) is 12.5 Å². The summed E-state index contributed by atoms with van der Waals surface area (Å²) in [5, 5.41) is 1.54. The summed E-state index contributed by atoms with van der Waals surface area (Å²) in [6.07, 6.45) is 1.24. The third-order valence-corrected chi connectivity index (χ3v) is 5.94. The molecule has 0 radical (unpaired) electrons. The fraction of sp³-hybridized carbons (Fsp3) is 0.846. The molecule has 0 aromatic heterocycles. The van der Waals surface area contributed by atoms with E-state index in [9.17, 15) is 18.0 Å². The molecule has 1 rings (SSSR count). The van der Waals surface area contributed by atoms with Crippen LogP contribution >= 0.6 is 0 Å². The van der Waals surface area contributed by atoms with Gasteiger partial charge >= 0.3 is 0 Å². The number of hydrogen-bond acceptors (Lipinski definition) is 5. The van der Waals surface area contributed by atoms with E-state index >= 15 is 0 Å². The minimum atomic E-state index is -3.76. The van der Waals surface area contributed by atoms with Crippen molar-refractivity contribution in [2.75, 3.05) is 40.3 Å². The zero-order valence-corrected chi connectivity index (χ0v) is 14.2. The number of rotatable bonds is 6. The number of sulfonamides is 1. The second-order valence-electron chi connectivity index (χ2n) is 5.70. The Morgan fingerprint density at radius 2 is 2.05 bits per heavy atom. The second-order valence-corrected chi connectivity index (χ2v) is 7.95. The topological polar surface area (TPSA) is 113 Å². The molecule has 0 aromatic carbocycles. The Morgan fingerprint density at radius 3 is 2.59 bits per heavy atom. The molecule has 3 N–H and O–H groups in total. The molecule has 0 spiro atoms. The molecule has 1 aliphatic heterocycles. The van der Waals surface area contributed by atoms with Crippen molar-refractivity contribution in [2.45, 2.75) is 25.0 Å². The molecule has 1 heterocycles. The average molecular weight is 334 g/mol. The second kappa shape index (κ2) is 7.89. The van der Waals surface area contributed by atoms with Gasteiger partial charge in [-0.2, -0.15) is 0 Å². The highest BCUT2D eigenvalue weighted by Crippen LogP contribution is 2.22. The quantitative estimate of drug-likeness (QED) is 0.619. The van der Waals surface area contributed by atoms with Crippen LogP contribution in [0, 0.1) is 5.92 Å². The molecular formula is C13H26N4O4S. The molecule has 0 aliphatic carbocycles. The lowest BCUT2D eigenvalue weighted by Crippen LogP contribution is -2.51. The molecule has 0 bridgehead atoms. The third-order valence-electron chi connectivity index (χ3n) is 3.79. The summed E-state index contributed by atoms with van der Waals surface area (Å²) >= 11 is 0. The minimum absolute atomic E-state index is 0.115. The maximum Gasteiger partial charge on any atom is 0.241 e. The highest BCUT2D eigenvalue weighted by atomic mass is 32.2. The van der Waals surface area contributed by atoms with Crippen LogP contribution in [0.2, 0.25) is 0 Å². The van der Waals surface area contributed by atoms with Gasteiger partial charge in [0.1, 0.15) is 0 Å². The molecule has 9 heteroatoms. The zero-order chi connectivity index (χ0) is 16.9. The Balaban J connectivity index is 2.79. The first kappa shape index (κ1) is 18.9. The first-order valence-electron chi connectivity index (χ1n) is 7.39. The highest BCUT2D eigenvalue weighted by molar-refractivity contribution is 7.90. The number of carbonyl (C=O) groups excluding carboxylic acids is 2. The molecule has 2 atom stereocenters. The molecule has 22 heavy (non-hydrogen) atoms. The van der Waals surface area contributed by atoms with Crippen LogP contribution in [0.3, 0.4) is 0 Å². The van der Waals surface area contributed by atoms with Gasteiger partial charge in [0.2, 0.25) is 21.8 Å². The van der Waals surface area contributed by atoms with Crippen LogP contribution in [0.15, 0.2) is 0 Å². The van der Waals surface area contributed by atoms with E-state index in [1.54, 1.807) is 0 Å². The monoisotopic (exact) mass is 334 g/mol. The number of nitrogens with zero attached hydrogens (tertiary/aromatic N) is 2. The smallest absolute Gasteiger partial charge is 0.241 e. The van der Waals surface area contributed by atoms with Crippen LogP contribution in [0.4, 0.5) is 0 Å². The fourth-order valence-electron chi connectivity index (χ4n) is 2.44. The van der Waals surface area contributed by atoms with Gasteiger partial charge in [-0.3, -0.25) is 9.59 Å². The van der Waals surface area contributed by atoms with Crippen molar-refractivity contribution in [1.82, 2.24) is 14.5 Å². The van der Waals surface area contributed by atoms with E-state index in [0.717, 1.165) is 0 Å². The molecule has 0 aromatic rings. The van der Waals surface area contributed by atoms with Gasteiger partial charge in [-0.15, -0.1) is 0 Å². The van der Waals surface area contributed by atoms with E-state index in [2.05, 4.69) is 5.32 Å². The lowest BCUT2D eigenvalue weighted by Gasteiger charge is -2.33. The normalized spacial score (nSPS) is 21.2. The maximum atomic E-state index is 12.5. The Labute approximate surface area is 132 Å². The van der Waals surface area contributed by atoms with Gasteiger partial charge in [-0.05, 0) is 19.8 Å². The van der Waals surface area contributed by atoms with E-state index in [4.69, 9.17) is 5.73 Å². The molecule has 128 valence electrons. The van der Waals surface area contributed by atoms with Crippen LogP contribution in [0.1, 0.15) is 19.8 Å². The van der Waals surface area contributed by atoms with Crippen LogP contribution in [0.25, 0.3) is 0 Å². The molecule has 1 aliphatic rings. The molecular weight excluding hydrogens is 308 g/mol. The summed E-state index contributed by atoms with van der Waals surface area (Å²) in [6.45, 7) is 2.56. The Kier molecular flexibility index (Phi) is 6.76. The van der Waals surface area contributed by atoms with Crippen molar-refractivity contribution in [3.05, 3.63) is 0 Å². The highest BCUT2D eigenvalue weighted by Gasteiger charge is 2.38. The van der Waals surface area contributed by atoms with E-state index in [1.165, 1.54) is 30.2 Å². The van der Waals surface area contributed by atoms with Gasteiger partial charge in [0, 0.05) is 40.3 Å². The van der Waals surface area contributed by atoms with Gasteiger partial charge in [0.05, 0.1) is 5.92 Å². The van der Waals surface area contributed by atoms with Gasteiger partial charge in [0.15, 0.2) is 5.25 Å². The third kappa shape index (κ3) is 4.40. The molecule has 2 unspecified atom stereocenters. The van der Waals surface area contributed by atoms with E-state index in [0.29, 0.717) is 32.5 Å². The van der Waals surface area contributed by atoms with Crippen LogP contribution in [-0.2, 0) is 19.6 Å². The summed E-state index contributed by atoms with van der Waals surface area (Å²) in [5.74, 6) is -1.04. The maximum absolute atomic E-state index is 12.5. The van der Waals surface area contributed by atoms with Crippen molar-refractivity contribution in [3.63, 3.8) is 0 Å². The van der Waals surface area contributed by atoms with Crippen LogP contribution < -0.4 is 11.1 Å². The molecule has 2 amide bonds. The lowest BCUT2D eigenvalue weighted by atomic mass is 9.99. The van der Waals surface area contributed by atoms with Crippen LogP contribution in [-0.4, -0.2) is 75.0 Å². The van der Waals surface area contributed by atoms with Crippen molar-refractivity contribution in [3.8, 4) is 0 Å². The first-order chi connectivity index (χ1) is 10.2. The number of amides is 2. The Bertz CT molecular complexity index is 506. The molecule has 0 saturated carbocycles. The summed E-state index contributed by atoms with van der Waals surface area (Å²) in [5.41, 5.74) is 5.34. The standard InChI is InChI=1S/C13H26N4O4S/c1-10(13(19)16(2)3)22(20,21)17-8-4-5-11(9-17)12(18)15-7-6-14/h10-11H,4-9,14H2,1-3H3,(H,15,18). The summed E-state index contributed by atoms with van der Waals surface area (Å²) < 4.78 is 26.3. The molecule has 8 nitrogen and oxygen atoms in total. The molecule has 1 fully saturated rings. The number of carbonyl (C=O) groups is 2. The molecule has 1 saturated heterocycles. The number of piperidine rings is 1. The summed E-state index contributed by atoms with van der Waals surface area (Å²) in [6, 6.07) is 0. The van der Waals surface area contributed by atoms with Gasteiger partial charge in [-0.1, -0.05) is 0 Å². The summed E-state index contributed by atoms with van der Waals surface area (Å²) in [7, 11) is -0.713. The van der Waals surface area contributed by atoms with Crippen LogP contribution in [0.5, 0.6) is 0 Å².